The second-order valence-corrected chi connectivity index (χ2v) is 4.57. The number of nitrogens with zero attached hydrogens (tertiary/aromatic N) is 1. The minimum Gasteiger partial charge on any atom is -0.496 e. The van der Waals surface area contributed by atoms with Gasteiger partial charge in [-0.05, 0) is 6.07 Å². The molecule has 0 amide bonds. The van der Waals surface area contributed by atoms with E-state index < -0.39 is 0 Å². The van der Waals surface area contributed by atoms with Gasteiger partial charge >= 0.3 is 0 Å². The first kappa shape index (κ1) is 11.3. The zero-order valence-electron chi connectivity index (χ0n) is 9.67. The number of rotatable bonds is 3. The van der Waals surface area contributed by atoms with E-state index in [1.165, 1.54) is 11.3 Å². The lowest BCUT2D eigenvalue weighted by Gasteiger charge is -2.07. The molecule has 2 heterocycles. The first-order valence-corrected chi connectivity index (χ1v) is 6.23. The highest BCUT2D eigenvalue weighted by Crippen LogP contribution is 2.43. The molecule has 0 atom stereocenters. The highest BCUT2D eigenvalue weighted by atomic mass is 32.1. The van der Waals surface area contributed by atoms with Gasteiger partial charge in [-0.2, -0.15) is 0 Å². The molecule has 0 bridgehead atoms. The van der Waals surface area contributed by atoms with Gasteiger partial charge < -0.3 is 19.3 Å². The summed E-state index contributed by atoms with van der Waals surface area (Å²) in [5, 5.41) is 11.7. The summed E-state index contributed by atoms with van der Waals surface area (Å²) in [5.41, 5.74) is 1.49. The molecule has 0 aliphatic carbocycles. The number of thiazole rings is 1. The molecule has 0 saturated heterocycles. The van der Waals surface area contributed by atoms with Crippen LogP contribution in [0.5, 0.6) is 17.2 Å². The van der Waals surface area contributed by atoms with E-state index >= 15 is 0 Å². The molecule has 1 aliphatic rings. The molecular weight excluding hydrogens is 254 g/mol. The number of ether oxygens (including phenoxy) is 3. The van der Waals surface area contributed by atoms with Gasteiger partial charge in [0, 0.05) is 11.4 Å². The number of hydrogen-bond acceptors (Lipinski definition) is 6. The lowest BCUT2D eigenvalue weighted by Crippen LogP contribution is -1.92. The molecule has 3 rings (SSSR count). The Bertz CT molecular complexity index is 581. The first-order chi connectivity index (χ1) is 8.81. The topological polar surface area (TPSA) is 60.8 Å². The summed E-state index contributed by atoms with van der Waals surface area (Å²) in [6, 6.07) is 3.64. The fraction of sp³-hybridized carbons (Fsp3) is 0.250. The molecule has 2 aromatic rings. The smallest absolute Gasteiger partial charge is 0.231 e. The standard InChI is InChI=1S/C12H11NO4S/c1-15-9-3-11-10(16-6-17-11)2-8(9)12-13-7(4-14)5-18-12/h2-3,5,14H,4,6H2,1H3. The average Bonchev–Trinajstić information content (AvgIpc) is 3.05. The van der Waals surface area contributed by atoms with E-state index in [-0.39, 0.29) is 13.4 Å². The SMILES string of the molecule is COc1cc2c(cc1-c1nc(CO)cs1)OCO2. The highest BCUT2D eigenvalue weighted by Gasteiger charge is 2.20. The van der Waals surface area contributed by atoms with E-state index in [1.807, 2.05) is 11.4 Å². The van der Waals surface area contributed by atoms with Crippen molar-refractivity contribution in [1.29, 1.82) is 0 Å². The van der Waals surface area contributed by atoms with Crippen LogP contribution in [0.2, 0.25) is 0 Å². The van der Waals surface area contributed by atoms with Crippen molar-refractivity contribution in [3.05, 3.63) is 23.2 Å². The lowest BCUT2D eigenvalue weighted by atomic mass is 10.2. The van der Waals surface area contributed by atoms with Crippen LogP contribution in [0.3, 0.4) is 0 Å². The van der Waals surface area contributed by atoms with Gasteiger partial charge in [-0.3, -0.25) is 0 Å². The Hall–Kier alpha value is -1.79. The van der Waals surface area contributed by atoms with Crippen LogP contribution in [0.4, 0.5) is 0 Å². The number of hydrogen-bond donors (Lipinski definition) is 1. The third-order valence-corrected chi connectivity index (χ3v) is 3.56. The maximum atomic E-state index is 9.05. The predicted octanol–water partition coefficient (Wildman–Crippen LogP) is 2.04. The fourth-order valence-corrected chi connectivity index (χ4v) is 2.59. The van der Waals surface area contributed by atoms with Crippen molar-refractivity contribution in [2.45, 2.75) is 6.61 Å². The first-order valence-electron chi connectivity index (χ1n) is 5.35. The van der Waals surface area contributed by atoms with Crippen molar-refractivity contribution < 1.29 is 19.3 Å². The van der Waals surface area contributed by atoms with Gasteiger partial charge in [-0.1, -0.05) is 0 Å². The zero-order valence-corrected chi connectivity index (χ0v) is 10.5. The molecule has 1 N–H and O–H groups in total. The van der Waals surface area contributed by atoms with Crippen molar-refractivity contribution in [2.24, 2.45) is 0 Å². The summed E-state index contributed by atoms with van der Waals surface area (Å²) in [6.45, 7) is 0.158. The Labute approximate surface area is 108 Å². The predicted molar refractivity (Wildman–Crippen MR) is 66.1 cm³/mol. The molecule has 0 radical (unpaired) electrons. The molecule has 6 heteroatoms. The average molecular weight is 265 g/mol. The molecule has 5 nitrogen and oxygen atoms in total. The summed E-state index contributed by atoms with van der Waals surface area (Å²) in [5.74, 6) is 2.04. The van der Waals surface area contributed by atoms with Gasteiger partial charge in [0.25, 0.3) is 0 Å². The third-order valence-electron chi connectivity index (χ3n) is 2.64. The van der Waals surface area contributed by atoms with Crippen LogP contribution >= 0.6 is 11.3 Å². The summed E-state index contributed by atoms with van der Waals surface area (Å²) >= 11 is 1.45. The van der Waals surface area contributed by atoms with Gasteiger partial charge in [0.2, 0.25) is 6.79 Å². The van der Waals surface area contributed by atoms with Crippen molar-refractivity contribution >= 4 is 11.3 Å². The Morgan fingerprint density at radius 3 is 2.83 bits per heavy atom. The van der Waals surface area contributed by atoms with E-state index in [2.05, 4.69) is 4.98 Å². The second-order valence-electron chi connectivity index (χ2n) is 3.71. The molecule has 0 spiro atoms. The maximum Gasteiger partial charge on any atom is 0.231 e. The van der Waals surface area contributed by atoms with Crippen molar-refractivity contribution in [3.8, 4) is 27.8 Å². The number of fused-ring (bicyclic) bond motifs is 1. The van der Waals surface area contributed by atoms with E-state index in [9.17, 15) is 0 Å². The Morgan fingerprint density at radius 1 is 1.39 bits per heavy atom. The van der Waals surface area contributed by atoms with Gasteiger partial charge in [-0.25, -0.2) is 4.98 Å². The summed E-state index contributed by atoms with van der Waals surface area (Å²) < 4.78 is 16.0. The summed E-state index contributed by atoms with van der Waals surface area (Å²) in [6.07, 6.45) is 0. The van der Waals surface area contributed by atoms with E-state index in [0.717, 1.165) is 10.6 Å². The highest BCUT2D eigenvalue weighted by molar-refractivity contribution is 7.13. The van der Waals surface area contributed by atoms with Gasteiger partial charge in [0.1, 0.15) is 10.8 Å². The van der Waals surface area contributed by atoms with Crippen LogP contribution in [0.15, 0.2) is 17.5 Å². The maximum absolute atomic E-state index is 9.05. The van der Waals surface area contributed by atoms with E-state index in [1.54, 1.807) is 13.2 Å². The number of aromatic nitrogens is 1. The number of aliphatic hydroxyl groups excluding tert-OH is 1. The quantitative estimate of drug-likeness (QED) is 0.920. The minimum absolute atomic E-state index is 0.0661. The largest absolute Gasteiger partial charge is 0.496 e. The number of benzene rings is 1. The summed E-state index contributed by atoms with van der Waals surface area (Å²) in [4.78, 5) is 4.33. The normalized spacial score (nSPS) is 12.8. The molecule has 18 heavy (non-hydrogen) atoms. The van der Waals surface area contributed by atoms with Crippen LogP contribution in [0.25, 0.3) is 10.6 Å². The molecule has 94 valence electrons. The number of methoxy groups -OCH3 is 1. The molecule has 0 fully saturated rings. The van der Waals surface area contributed by atoms with Gasteiger partial charge in [0.15, 0.2) is 11.5 Å². The van der Waals surface area contributed by atoms with E-state index in [0.29, 0.717) is 22.9 Å². The molecule has 0 saturated carbocycles. The van der Waals surface area contributed by atoms with Crippen LogP contribution in [-0.4, -0.2) is 24.0 Å². The molecular formula is C12H11NO4S. The minimum atomic E-state index is -0.0661. The van der Waals surface area contributed by atoms with Crippen LogP contribution in [0.1, 0.15) is 5.69 Å². The number of aliphatic hydroxyl groups is 1. The summed E-state index contributed by atoms with van der Waals surface area (Å²) in [7, 11) is 1.60. The zero-order chi connectivity index (χ0) is 12.5. The van der Waals surface area contributed by atoms with Crippen LogP contribution < -0.4 is 14.2 Å². The van der Waals surface area contributed by atoms with Gasteiger partial charge in [-0.15, -0.1) is 11.3 Å². The monoisotopic (exact) mass is 265 g/mol. The Morgan fingerprint density at radius 2 is 2.17 bits per heavy atom. The van der Waals surface area contributed by atoms with Gasteiger partial charge in [0.05, 0.1) is 25.0 Å². The molecule has 1 aliphatic heterocycles. The Kier molecular flexibility index (Phi) is 2.81. The van der Waals surface area contributed by atoms with Crippen molar-refractivity contribution in [3.63, 3.8) is 0 Å². The van der Waals surface area contributed by atoms with Crippen LogP contribution in [0, 0.1) is 0 Å². The van der Waals surface area contributed by atoms with Crippen LogP contribution in [-0.2, 0) is 6.61 Å². The molecule has 1 aromatic carbocycles. The third kappa shape index (κ3) is 1.79. The fourth-order valence-electron chi connectivity index (χ4n) is 1.76. The second kappa shape index (κ2) is 4.47. The molecule has 1 aromatic heterocycles. The van der Waals surface area contributed by atoms with Crippen molar-refractivity contribution in [1.82, 2.24) is 4.98 Å². The lowest BCUT2D eigenvalue weighted by molar-refractivity contribution is 0.174. The Balaban J connectivity index is 2.10. The van der Waals surface area contributed by atoms with E-state index in [4.69, 9.17) is 19.3 Å². The molecule has 0 unspecified atom stereocenters. The van der Waals surface area contributed by atoms with Crippen molar-refractivity contribution in [2.75, 3.05) is 13.9 Å².